The van der Waals surface area contributed by atoms with E-state index in [4.69, 9.17) is 13.9 Å². The van der Waals surface area contributed by atoms with Crippen molar-refractivity contribution in [1.82, 2.24) is 14.5 Å². The number of methoxy groups -OCH3 is 2. The van der Waals surface area contributed by atoms with Gasteiger partial charge in [0, 0.05) is 62.3 Å². The van der Waals surface area contributed by atoms with Gasteiger partial charge < -0.3 is 24.1 Å². The van der Waals surface area contributed by atoms with E-state index >= 15 is 0 Å². The zero-order valence-electron chi connectivity index (χ0n) is 16.8. The number of anilines is 1. The van der Waals surface area contributed by atoms with Crippen LogP contribution in [0.5, 0.6) is 11.5 Å². The minimum atomic E-state index is -0.345. The second-order valence-electron chi connectivity index (χ2n) is 7.21. The van der Waals surface area contributed by atoms with Gasteiger partial charge in [0.25, 0.3) is 0 Å². The van der Waals surface area contributed by atoms with Gasteiger partial charge in [-0.15, -0.1) is 0 Å². The molecule has 0 unspecified atom stereocenters. The number of likely N-dealkylation sites (tertiary alicyclic amines) is 1. The van der Waals surface area contributed by atoms with E-state index in [0.717, 1.165) is 49.7 Å². The molecule has 0 bridgehead atoms. The lowest BCUT2D eigenvalue weighted by atomic mass is 10.0. The standard InChI is InChI=1S/C21H26N4O4/c1-27-17-12-16(13-18(14-17)28-2)23-15-5-8-24(9-6-15)10-11-25-20-19(29-21(25)26)4-3-7-22-20/h3-4,7,12-15,23H,5-6,8-11H2,1-2H3. The SMILES string of the molecule is COc1cc(NC2CCN(CCn3c(=O)oc4cccnc43)CC2)cc(OC)c1. The van der Waals surface area contributed by atoms with Gasteiger partial charge in [0.05, 0.1) is 14.2 Å². The predicted octanol–water partition coefficient (Wildman–Crippen LogP) is 2.58. The summed E-state index contributed by atoms with van der Waals surface area (Å²) in [7, 11) is 3.31. The molecule has 1 aromatic carbocycles. The number of pyridine rings is 1. The topological polar surface area (TPSA) is 81.8 Å². The number of rotatable bonds is 7. The van der Waals surface area contributed by atoms with Gasteiger partial charge in [0.1, 0.15) is 11.5 Å². The smallest absolute Gasteiger partial charge is 0.421 e. The minimum absolute atomic E-state index is 0.345. The Balaban J connectivity index is 1.32. The van der Waals surface area contributed by atoms with Crippen molar-refractivity contribution in [3.63, 3.8) is 0 Å². The number of nitrogens with one attached hydrogen (secondary N) is 1. The lowest BCUT2D eigenvalue weighted by molar-refractivity contribution is 0.210. The monoisotopic (exact) mass is 398 g/mol. The summed E-state index contributed by atoms with van der Waals surface area (Å²) in [6, 6.07) is 9.76. The molecule has 8 nitrogen and oxygen atoms in total. The van der Waals surface area contributed by atoms with Crippen LogP contribution < -0.4 is 20.5 Å². The number of aromatic nitrogens is 2. The maximum Gasteiger partial charge on any atom is 0.421 e. The van der Waals surface area contributed by atoms with Crippen molar-refractivity contribution in [3.8, 4) is 11.5 Å². The molecule has 29 heavy (non-hydrogen) atoms. The van der Waals surface area contributed by atoms with E-state index < -0.39 is 0 Å². The summed E-state index contributed by atoms with van der Waals surface area (Å²) in [6.07, 6.45) is 3.73. The highest BCUT2D eigenvalue weighted by Gasteiger charge is 2.20. The number of fused-ring (bicyclic) bond motifs is 1. The Labute approximate surface area is 169 Å². The minimum Gasteiger partial charge on any atom is -0.497 e. The molecule has 3 heterocycles. The largest absolute Gasteiger partial charge is 0.497 e. The predicted molar refractivity (Wildman–Crippen MR) is 111 cm³/mol. The van der Waals surface area contributed by atoms with E-state index in [1.54, 1.807) is 37.1 Å². The van der Waals surface area contributed by atoms with Crippen LogP contribution in [-0.4, -0.2) is 54.3 Å². The van der Waals surface area contributed by atoms with Crippen molar-refractivity contribution in [1.29, 1.82) is 0 Å². The normalized spacial score (nSPS) is 15.5. The van der Waals surface area contributed by atoms with Crippen LogP contribution in [0, 0.1) is 0 Å². The summed E-state index contributed by atoms with van der Waals surface area (Å²) in [5.41, 5.74) is 2.15. The molecular weight excluding hydrogens is 372 g/mol. The molecule has 154 valence electrons. The van der Waals surface area contributed by atoms with Gasteiger partial charge in [0.15, 0.2) is 11.2 Å². The molecule has 1 aliphatic heterocycles. The summed E-state index contributed by atoms with van der Waals surface area (Å²) in [6.45, 7) is 3.31. The van der Waals surface area contributed by atoms with Crippen LogP contribution in [0.25, 0.3) is 11.2 Å². The Kier molecular flexibility index (Phi) is 5.71. The molecule has 2 aromatic heterocycles. The highest BCUT2D eigenvalue weighted by Crippen LogP contribution is 2.27. The Morgan fingerprint density at radius 2 is 1.86 bits per heavy atom. The number of hydrogen-bond donors (Lipinski definition) is 1. The highest BCUT2D eigenvalue weighted by molar-refractivity contribution is 5.67. The second kappa shape index (κ2) is 8.57. The number of benzene rings is 1. The fourth-order valence-electron chi connectivity index (χ4n) is 3.77. The maximum absolute atomic E-state index is 12.1. The van der Waals surface area contributed by atoms with Crippen LogP contribution >= 0.6 is 0 Å². The van der Waals surface area contributed by atoms with Gasteiger partial charge in [-0.1, -0.05) is 0 Å². The average molecular weight is 398 g/mol. The Morgan fingerprint density at radius 3 is 2.55 bits per heavy atom. The van der Waals surface area contributed by atoms with Crippen LogP contribution in [-0.2, 0) is 6.54 Å². The molecule has 0 radical (unpaired) electrons. The number of nitrogens with zero attached hydrogens (tertiary/aromatic N) is 3. The van der Waals surface area contributed by atoms with Crippen molar-refractivity contribution in [3.05, 3.63) is 47.1 Å². The molecule has 1 N–H and O–H groups in total. The molecule has 1 aliphatic rings. The fraction of sp³-hybridized carbons (Fsp3) is 0.429. The third-order valence-corrected chi connectivity index (χ3v) is 5.37. The number of hydrogen-bond acceptors (Lipinski definition) is 7. The van der Waals surface area contributed by atoms with E-state index in [1.807, 2.05) is 18.2 Å². The molecule has 8 heteroatoms. The third kappa shape index (κ3) is 4.37. The first-order valence-electron chi connectivity index (χ1n) is 9.82. The average Bonchev–Trinajstić information content (AvgIpc) is 3.08. The molecule has 4 rings (SSSR count). The number of piperidine rings is 1. The van der Waals surface area contributed by atoms with Crippen LogP contribution in [0.3, 0.4) is 0 Å². The van der Waals surface area contributed by atoms with Gasteiger partial charge in [-0.25, -0.2) is 9.78 Å². The van der Waals surface area contributed by atoms with Crippen LogP contribution in [0.2, 0.25) is 0 Å². The summed E-state index contributed by atoms with van der Waals surface area (Å²) >= 11 is 0. The van der Waals surface area contributed by atoms with Gasteiger partial charge in [-0.3, -0.25) is 4.57 Å². The number of oxazole rings is 1. The van der Waals surface area contributed by atoms with Crippen molar-refractivity contribution >= 4 is 16.9 Å². The van der Waals surface area contributed by atoms with Gasteiger partial charge in [0.2, 0.25) is 0 Å². The Bertz CT molecular complexity index is 999. The first-order valence-corrected chi connectivity index (χ1v) is 9.82. The van der Waals surface area contributed by atoms with Crippen LogP contribution in [0.15, 0.2) is 45.7 Å². The van der Waals surface area contributed by atoms with Crippen molar-refractivity contribution in [2.75, 3.05) is 39.2 Å². The Morgan fingerprint density at radius 1 is 1.14 bits per heavy atom. The Hall–Kier alpha value is -3.00. The second-order valence-corrected chi connectivity index (χ2v) is 7.21. The molecule has 0 aliphatic carbocycles. The van der Waals surface area contributed by atoms with Gasteiger partial charge in [-0.2, -0.15) is 0 Å². The number of ether oxygens (including phenoxy) is 2. The van der Waals surface area contributed by atoms with Gasteiger partial charge >= 0.3 is 5.76 Å². The van der Waals surface area contributed by atoms with Crippen LogP contribution in [0.4, 0.5) is 5.69 Å². The molecule has 0 amide bonds. The summed E-state index contributed by atoms with van der Waals surface area (Å²) in [5, 5.41) is 3.59. The first-order chi connectivity index (χ1) is 14.2. The van der Waals surface area contributed by atoms with E-state index in [0.29, 0.717) is 23.8 Å². The maximum atomic E-state index is 12.1. The van der Waals surface area contributed by atoms with Gasteiger partial charge in [-0.05, 0) is 25.0 Å². The molecule has 1 fully saturated rings. The van der Waals surface area contributed by atoms with E-state index in [1.165, 1.54) is 0 Å². The fourth-order valence-corrected chi connectivity index (χ4v) is 3.77. The zero-order chi connectivity index (χ0) is 20.2. The summed E-state index contributed by atoms with van der Waals surface area (Å²) in [5.74, 6) is 1.20. The van der Waals surface area contributed by atoms with Crippen molar-refractivity contribution < 1.29 is 13.9 Å². The zero-order valence-corrected chi connectivity index (χ0v) is 16.8. The lowest BCUT2D eigenvalue weighted by Crippen LogP contribution is -2.41. The molecule has 1 saturated heterocycles. The van der Waals surface area contributed by atoms with E-state index in [-0.39, 0.29) is 5.76 Å². The van der Waals surface area contributed by atoms with E-state index in [9.17, 15) is 4.79 Å². The highest BCUT2D eigenvalue weighted by atomic mass is 16.5. The molecule has 0 atom stereocenters. The quantitative estimate of drug-likeness (QED) is 0.655. The van der Waals surface area contributed by atoms with E-state index in [2.05, 4.69) is 15.2 Å². The first kappa shape index (κ1) is 19.3. The summed E-state index contributed by atoms with van der Waals surface area (Å²) < 4.78 is 17.6. The third-order valence-electron chi connectivity index (χ3n) is 5.37. The van der Waals surface area contributed by atoms with Crippen LogP contribution in [0.1, 0.15) is 12.8 Å². The summed E-state index contributed by atoms with van der Waals surface area (Å²) in [4.78, 5) is 18.7. The molecular formula is C21H26N4O4. The van der Waals surface area contributed by atoms with Crippen molar-refractivity contribution in [2.24, 2.45) is 0 Å². The molecule has 3 aromatic rings. The molecule has 0 spiro atoms. The lowest BCUT2D eigenvalue weighted by Gasteiger charge is -2.32. The molecule has 0 saturated carbocycles. The van der Waals surface area contributed by atoms with Crippen molar-refractivity contribution in [2.45, 2.75) is 25.4 Å².